The molecule has 10 nitrogen and oxygen atoms in total. The van der Waals surface area contributed by atoms with E-state index >= 15 is 0 Å². The summed E-state index contributed by atoms with van der Waals surface area (Å²) >= 11 is 0. The zero-order chi connectivity index (χ0) is 17.3. The zero-order valence-corrected chi connectivity index (χ0v) is 13.2. The van der Waals surface area contributed by atoms with Crippen LogP contribution in [0.4, 0.5) is 5.82 Å². The Labute approximate surface area is 136 Å². The van der Waals surface area contributed by atoms with Crippen LogP contribution in [0.5, 0.6) is 0 Å². The Morgan fingerprint density at radius 3 is 2.88 bits per heavy atom. The van der Waals surface area contributed by atoms with E-state index < -0.39 is 24.4 Å². The summed E-state index contributed by atoms with van der Waals surface area (Å²) in [6.45, 7) is 2.49. The van der Waals surface area contributed by atoms with E-state index in [1.165, 1.54) is 26.5 Å². The van der Waals surface area contributed by atoms with Gasteiger partial charge in [0.2, 0.25) is 5.91 Å². The van der Waals surface area contributed by atoms with Crippen LogP contribution < -0.4 is 5.32 Å². The first-order valence-electron chi connectivity index (χ1n) is 7.38. The molecule has 1 saturated heterocycles. The third-order valence-corrected chi connectivity index (χ3v) is 3.59. The molecule has 0 saturated carbocycles. The first kappa shape index (κ1) is 16.3. The highest BCUT2D eigenvalue weighted by Crippen LogP contribution is 2.33. The number of imidazole rings is 1. The van der Waals surface area contributed by atoms with E-state index in [1.807, 2.05) is 0 Å². The maximum atomic E-state index is 11.3. The number of nitrogens with zero attached hydrogens (tertiary/aromatic N) is 4. The minimum absolute atomic E-state index is 0.187. The van der Waals surface area contributed by atoms with Gasteiger partial charge in [0.25, 0.3) is 0 Å². The van der Waals surface area contributed by atoms with Crippen LogP contribution in [-0.4, -0.2) is 55.3 Å². The van der Waals surface area contributed by atoms with Gasteiger partial charge in [0, 0.05) is 20.3 Å². The lowest BCUT2D eigenvalue weighted by molar-refractivity contribution is -0.152. The van der Waals surface area contributed by atoms with E-state index in [-0.39, 0.29) is 18.3 Å². The number of esters is 1. The van der Waals surface area contributed by atoms with Gasteiger partial charge in [-0.1, -0.05) is 0 Å². The molecule has 2 aromatic rings. The fraction of sp³-hybridized carbons (Fsp3) is 0.500. The molecular weight excluding hydrogens is 318 g/mol. The lowest BCUT2D eigenvalue weighted by Crippen LogP contribution is -2.24. The van der Waals surface area contributed by atoms with Crippen LogP contribution in [0.25, 0.3) is 11.2 Å². The van der Waals surface area contributed by atoms with Gasteiger partial charge in [0.15, 0.2) is 23.2 Å². The van der Waals surface area contributed by atoms with Crippen molar-refractivity contribution in [3.63, 3.8) is 0 Å². The summed E-state index contributed by atoms with van der Waals surface area (Å²) in [5.41, 5.74) is 0.819. The van der Waals surface area contributed by atoms with Gasteiger partial charge in [0.1, 0.15) is 12.4 Å². The average molecular weight is 335 g/mol. The predicted molar refractivity (Wildman–Crippen MR) is 80.8 cm³/mol. The molecular formula is C14H17N5O5. The van der Waals surface area contributed by atoms with Gasteiger partial charge in [-0.15, -0.1) is 0 Å². The van der Waals surface area contributed by atoms with E-state index in [0.717, 1.165) is 0 Å². The Balaban J connectivity index is 1.98. The summed E-state index contributed by atoms with van der Waals surface area (Å²) in [5, 5.41) is 11.9. The fourth-order valence-corrected chi connectivity index (χ4v) is 2.69. The summed E-state index contributed by atoms with van der Waals surface area (Å²) in [5.74, 6) is -0.433. The van der Waals surface area contributed by atoms with Crippen LogP contribution in [-0.2, 0) is 19.1 Å². The number of ether oxygens (including phenoxy) is 2. The maximum absolute atomic E-state index is 11.3. The zero-order valence-electron chi connectivity index (χ0n) is 13.2. The number of carbonyl (C=O) groups excluding carboxylic acids is 2. The van der Waals surface area contributed by atoms with Crippen molar-refractivity contribution in [1.82, 2.24) is 19.5 Å². The normalized spacial score (nSPS) is 23.4. The second-order valence-corrected chi connectivity index (χ2v) is 5.44. The first-order chi connectivity index (χ1) is 11.5. The number of rotatable bonds is 4. The molecule has 10 heteroatoms. The molecule has 1 aliphatic heterocycles. The first-order valence-corrected chi connectivity index (χ1v) is 7.38. The third kappa shape index (κ3) is 3.05. The molecule has 2 N–H and O–H groups in total. The lowest BCUT2D eigenvalue weighted by Gasteiger charge is -2.19. The van der Waals surface area contributed by atoms with Crippen LogP contribution in [0.2, 0.25) is 0 Å². The fourth-order valence-electron chi connectivity index (χ4n) is 2.69. The Morgan fingerprint density at radius 1 is 1.42 bits per heavy atom. The molecule has 0 bridgehead atoms. The number of amides is 1. The minimum atomic E-state index is -0.670. The number of hydrogen-bond donors (Lipinski definition) is 2. The molecule has 3 rings (SSSR count). The number of anilines is 1. The standard InChI is InChI=1S/C14H17N5O5/c1-7(21)18-12-11-13(16-5-15-12)19(6-17-11)14-10(23-8(2)22)3-9(4-20)24-14/h5-6,9-10,14,20H,3-4H2,1-2H3,(H,15,16,18,21)/t9-,10+,14+/m0/s1. The molecule has 24 heavy (non-hydrogen) atoms. The molecule has 1 fully saturated rings. The highest BCUT2D eigenvalue weighted by Gasteiger charge is 2.39. The van der Waals surface area contributed by atoms with Crippen LogP contribution in [0.3, 0.4) is 0 Å². The topological polar surface area (TPSA) is 128 Å². The van der Waals surface area contributed by atoms with Crippen molar-refractivity contribution < 1.29 is 24.2 Å². The molecule has 0 aliphatic carbocycles. The van der Waals surface area contributed by atoms with Crippen molar-refractivity contribution in [3.05, 3.63) is 12.7 Å². The molecule has 1 aliphatic rings. The Morgan fingerprint density at radius 2 is 2.21 bits per heavy atom. The molecule has 2 aromatic heterocycles. The average Bonchev–Trinajstić information content (AvgIpc) is 3.10. The Bertz CT molecular complexity index is 776. The monoisotopic (exact) mass is 335 g/mol. The lowest BCUT2D eigenvalue weighted by atomic mass is 10.2. The van der Waals surface area contributed by atoms with E-state index in [0.29, 0.717) is 17.6 Å². The van der Waals surface area contributed by atoms with Crippen LogP contribution in [0, 0.1) is 0 Å². The van der Waals surface area contributed by atoms with Gasteiger partial charge in [0.05, 0.1) is 19.0 Å². The number of aromatic nitrogens is 4. The molecule has 3 heterocycles. The summed E-state index contributed by atoms with van der Waals surface area (Å²) in [6.07, 6.45) is 1.45. The second-order valence-electron chi connectivity index (χ2n) is 5.44. The molecule has 0 unspecified atom stereocenters. The van der Waals surface area contributed by atoms with Crippen molar-refractivity contribution >= 4 is 28.9 Å². The predicted octanol–water partition coefficient (Wildman–Crippen LogP) is -0.00380. The van der Waals surface area contributed by atoms with Crippen LogP contribution >= 0.6 is 0 Å². The molecule has 1 amide bonds. The van der Waals surface area contributed by atoms with Crippen molar-refractivity contribution in [1.29, 1.82) is 0 Å². The molecule has 3 atom stereocenters. The number of fused-ring (bicyclic) bond motifs is 1. The second kappa shape index (κ2) is 6.49. The highest BCUT2D eigenvalue weighted by atomic mass is 16.6. The van der Waals surface area contributed by atoms with Crippen LogP contribution in [0.15, 0.2) is 12.7 Å². The van der Waals surface area contributed by atoms with Gasteiger partial charge < -0.3 is 19.9 Å². The maximum Gasteiger partial charge on any atom is 0.303 e. The van der Waals surface area contributed by atoms with Gasteiger partial charge >= 0.3 is 5.97 Å². The van der Waals surface area contributed by atoms with Crippen molar-refractivity contribution in [2.75, 3.05) is 11.9 Å². The van der Waals surface area contributed by atoms with Crippen molar-refractivity contribution in [2.24, 2.45) is 0 Å². The van der Waals surface area contributed by atoms with Gasteiger partial charge in [-0.2, -0.15) is 0 Å². The van der Waals surface area contributed by atoms with E-state index in [4.69, 9.17) is 9.47 Å². The van der Waals surface area contributed by atoms with Crippen molar-refractivity contribution in [2.45, 2.75) is 38.7 Å². The number of hydrogen-bond acceptors (Lipinski definition) is 8. The molecule has 0 aromatic carbocycles. The Hall–Kier alpha value is -2.59. The SMILES string of the molecule is CC(=O)Nc1ncnc2c1ncn2[C@@H]1O[C@H](CO)C[C@H]1OC(C)=O. The summed E-state index contributed by atoms with van der Waals surface area (Å²) in [4.78, 5) is 35.0. The summed E-state index contributed by atoms with van der Waals surface area (Å²) in [7, 11) is 0. The molecule has 0 radical (unpaired) electrons. The number of carbonyl (C=O) groups is 2. The van der Waals surface area contributed by atoms with Gasteiger partial charge in [-0.05, 0) is 0 Å². The summed E-state index contributed by atoms with van der Waals surface area (Å²) < 4.78 is 12.6. The molecule has 0 spiro atoms. The third-order valence-electron chi connectivity index (χ3n) is 3.59. The van der Waals surface area contributed by atoms with E-state index in [9.17, 15) is 14.7 Å². The number of aliphatic hydroxyl groups excluding tert-OH is 1. The largest absolute Gasteiger partial charge is 0.458 e. The van der Waals surface area contributed by atoms with E-state index in [1.54, 1.807) is 4.57 Å². The number of nitrogens with one attached hydrogen (secondary N) is 1. The quantitative estimate of drug-likeness (QED) is 0.747. The van der Waals surface area contributed by atoms with E-state index in [2.05, 4.69) is 20.3 Å². The van der Waals surface area contributed by atoms with Crippen LogP contribution in [0.1, 0.15) is 26.5 Å². The van der Waals surface area contributed by atoms with Gasteiger partial charge in [-0.3, -0.25) is 14.2 Å². The molecule has 128 valence electrons. The summed E-state index contributed by atoms with van der Waals surface area (Å²) in [6, 6.07) is 0. The smallest absolute Gasteiger partial charge is 0.303 e. The van der Waals surface area contributed by atoms with Gasteiger partial charge in [-0.25, -0.2) is 15.0 Å². The highest BCUT2D eigenvalue weighted by molar-refractivity contribution is 5.95. The number of aliphatic hydroxyl groups is 1. The minimum Gasteiger partial charge on any atom is -0.458 e. The van der Waals surface area contributed by atoms with Crippen molar-refractivity contribution in [3.8, 4) is 0 Å². The Kier molecular flexibility index (Phi) is 4.40.